The fourth-order valence-corrected chi connectivity index (χ4v) is 6.34. The number of carbonyl (C=O) groups is 1. The fourth-order valence-electron chi connectivity index (χ4n) is 4.90. The molecule has 0 aliphatic heterocycles. The Labute approximate surface area is 256 Å². The number of nitrogen functional groups attached to an aromatic ring is 1. The monoisotopic (exact) mass is 606 g/mol. The number of fused-ring (bicyclic) bond motifs is 1. The number of ether oxygens (including phenoxy) is 1. The molecule has 1 amide bonds. The Balaban J connectivity index is 1.52. The van der Waals surface area contributed by atoms with Crippen LogP contribution in [-0.4, -0.2) is 35.9 Å². The van der Waals surface area contributed by atoms with Gasteiger partial charge in [0.15, 0.2) is 11.6 Å². The van der Waals surface area contributed by atoms with E-state index in [1.54, 1.807) is 50.8 Å². The van der Waals surface area contributed by atoms with Crippen molar-refractivity contribution >= 4 is 33.1 Å². The standard InChI is InChI=1S/C32H27FN8O2S/c1-5-26(42)36-14-19-6-8-21(17(2)12-19)29-27(20-7-9-25(23(33)13-20)43-32-35-11-10-18(3)39-32)28-30(44-29)22(15-37-31(28)34)24-16-38-41(4)40-24/h5-13,15-16H,1,14H2,2-4H3,(H2,34,37)(H,36,42). The van der Waals surface area contributed by atoms with Crippen molar-refractivity contribution in [3.05, 3.63) is 96.3 Å². The minimum absolute atomic E-state index is 0.00566. The normalized spacial score (nSPS) is 11.1. The summed E-state index contributed by atoms with van der Waals surface area (Å²) in [6.07, 6.45) is 6.15. The number of thiophene rings is 1. The van der Waals surface area contributed by atoms with Crippen LogP contribution in [0.5, 0.6) is 11.8 Å². The molecule has 2 aromatic carbocycles. The van der Waals surface area contributed by atoms with Crippen molar-refractivity contribution in [3.63, 3.8) is 0 Å². The van der Waals surface area contributed by atoms with E-state index in [1.165, 1.54) is 28.3 Å². The molecule has 0 saturated carbocycles. The van der Waals surface area contributed by atoms with Gasteiger partial charge in [0, 0.05) is 53.1 Å². The van der Waals surface area contributed by atoms with Crippen molar-refractivity contribution < 1.29 is 13.9 Å². The number of hydrogen-bond acceptors (Lipinski definition) is 9. The van der Waals surface area contributed by atoms with Gasteiger partial charge in [0.05, 0.1) is 10.9 Å². The van der Waals surface area contributed by atoms with E-state index >= 15 is 4.39 Å². The second-order valence-corrected chi connectivity index (χ2v) is 11.1. The molecule has 220 valence electrons. The number of aromatic nitrogens is 6. The zero-order chi connectivity index (χ0) is 31.0. The largest absolute Gasteiger partial charge is 0.421 e. The highest BCUT2D eigenvalue weighted by molar-refractivity contribution is 7.23. The topological polar surface area (TPSA) is 134 Å². The Morgan fingerprint density at radius 1 is 1.14 bits per heavy atom. The summed E-state index contributed by atoms with van der Waals surface area (Å²) >= 11 is 1.52. The second kappa shape index (κ2) is 11.7. The average molecular weight is 607 g/mol. The molecule has 6 aromatic rings. The molecule has 6 rings (SSSR count). The third-order valence-electron chi connectivity index (χ3n) is 7.00. The van der Waals surface area contributed by atoms with Crippen LogP contribution in [0.4, 0.5) is 10.2 Å². The van der Waals surface area contributed by atoms with Gasteiger partial charge in [0.25, 0.3) is 0 Å². The summed E-state index contributed by atoms with van der Waals surface area (Å²) in [6.45, 7) is 7.65. The van der Waals surface area contributed by atoms with E-state index in [9.17, 15) is 4.79 Å². The van der Waals surface area contributed by atoms with Gasteiger partial charge in [-0.15, -0.1) is 11.3 Å². The van der Waals surface area contributed by atoms with Crippen LogP contribution in [0.2, 0.25) is 0 Å². The number of anilines is 1. The lowest BCUT2D eigenvalue weighted by molar-refractivity contribution is -0.116. The first kappa shape index (κ1) is 28.6. The number of hydrogen-bond donors (Lipinski definition) is 2. The number of nitrogens with zero attached hydrogens (tertiary/aromatic N) is 6. The molecule has 0 radical (unpaired) electrons. The third kappa shape index (κ3) is 5.50. The predicted octanol–water partition coefficient (Wildman–Crippen LogP) is 6.15. The molecule has 0 unspecified atom stereocenters. The Morgan fingerprint density at radius 3 is 2.68 bits per heavy atom. The predicted molar refractivity (Wildman–Crippen MR) is 168 cm³/mol. The molecule has 0 aliphatic carbocycles. The number of nitrogens with two attached hydrogens (primary N) is 1. The van der Waals surface area contributed by atoms with Gasteiger partial charge in [-0.05, 0) is 60.4 Å². The Bertz CT molecular complexity index is 2070. The first-order valence-corrected chi connectivity index (χ1v) is 14.4. The van der Waals surface area contributed by atoms with Crippen LogP contribution >= 0.6 is 11.3 Å². The molecule has 4 heterocycles. The van der Waals surface area contributed by atoms with Crippen LogP contribution in [0.3, 0.4) is 0 Å². The van der Waals surface area contributed by atoms with Crippen molar-refractivity contribution in [1.29, 1.82) is 0 Å². The number of carbonyl (C=O) groups excluding carboxylic acids is 1. The van der Waals surface area contributed by atoms with Gasteiger partial charge in [-0.2, -0.15) is 15.0 Å². The molecule has 3 N–H and O–H groups in total. The van der Waals surface area contributed by atoms with Crippen molar-refractivity contribution in [2.75, 3.05) is 5.73 Å². The first-order chi connectivity index (χ1) is 21.2. The Hall–Kier alpha value is -5.49. The zero-order valence-electron chi connectivity index (χ0n) is 24.1. The first-order valence-electron chi connectivity index (χ1n) is 13.6. The van der Waals surface area contributed by atoms with Gasteiger partial charge in [0.2, 0.25) is 5.91 Å². The van der Waals surface area contributed by atoms with Gasteiger partial charge in [-0.1, -0.05) is 30.8 Å². The highest BCUT2D eigenvalue weighted by Crippen LogP contribution is 2.50. The van der Waals surface area contributed by atoms with Crippen LogP contribution < -0.4 is 15.8 Å². The molecular weight excluding hydrogens is 579 g/mol. The Morgan fingerprint density at radius 2 is 1.98 bits per heavy atom. The lowest BCUT2D eigenvalue weighted by Crippen LogP contribution is -2.19. The lowest BCUT2D eigenvalue weighted by atomic mass is 9.95. The maximum Gasteiger partial charge on any atom is 0.322 e. The highest BCUT2D eigenvalue weighted by atomic mass is 32.1. The summed E-state index contributed by atoms with van der Waals surface area (Å²) in [4.78, 5) is 26.8. The average Bonchev–Trinajstić information content (AvgIpc) is 3.62. The minimum atomic E-state index is -0.584. The summed E-state index contributed by atoms with van der Waals surface area (Å²) < 4.78 is 22.1. The van der Waals surface area contributed by atoms with Gasteiger partial charge < -0.3 is 15.8 Å². The van der Waals surface area contributed by atoms with E-state index < -0.39 is 5.82 Å². The fraction of sp³-hybridized carbons (Fsp3) is 0.125. The number of amides is 1. The molecule has 0 atom stereocenters. The summed E-state index contributed by atoms with van der Waals surface area (Å²) in [5.74, 6) is -0.532. The molecule has 10 nitrogen and oxygen atoms in total. The van der Waals surface area contributed by atoms with E-state index in [0.29, 0.717) is 34.7 Å². The number of rotatable bonds is 8. The Kier molecular flexibility index (Phi) is 7.58. The van der Waals surface area contributed by atoms with E-state index in [1.807, 2.05) is 25.1 Å². The third-order valence-corrected chi connectivity index (χ3v) is 8.26. The molecular formula is C32H27FN8O2S. The molecule has 44 heavy (non-hydrogen) atoms. The summed E-state index contributed by atoms with van der Waals surface area (Å²) in [7, 11) is 1.74. The van der Waals surface area contributed by atoms with E-state index in [2.05, 4.69) is 37.0 Å². The van der Waals surface area contributed by atoms with E-state index in [0.717, 1.165) is 37.4 Å². The van der Waals surface area contributed by atoms with E-state index in [-0.39, 0.29) is 17.7 Å². The molecule has 0 fully saturated rings. The van der Waals surface area contributed by atoms with Crippen LogP contribution in [0.15, 0.2) is 73.7 Å². The SMILES string of the molecule is C=CC(=O)NCc1ccc(-c2sc3c(-c4cnn(C)n4)cnc(N)c3c2-c2ccc(Oc3nccc(C)n3)c(F)c2)c(C)c1. The van der Waals surface area contributed by atoms with Gasteiger partial charge in [-0.25, -0.2) is 19.3 Å². The molecule has 12 heteroatoms. The minimum Gasteiger partial charge on any atom is -0.421 e. The lowest BCUT2D eigenvalue weighted by Gasteiger charge is -2.12. The second-order valence-electron chi connectivity index (χ2n) is 10.1. The zero-order valence-corrected chi connectivity index (χ0v) is 24.9. The number of benzene rings is 2. The summed E-state index contributed by atoms with van der Waals surface area (Å²) in [6, 6.07) is 12.5. The maximum atomic E-state index is 15.6. The van der Waals surface area contributed by atoms with Crippen LogP contribution in [0.1, 0.15) is 16.8 Å². The number of nitrogens with one attached hydrogen (secondary N) is 1. The number of aryl methyl sites for hydroxylation is 3. The smallest absolute Gasteiger partial charge is 0.322 e. The van der Waals surface area contributed by atoms with Gasteiger partial charge in [-0.3, -0.25) is 4.79 Å². The van der Waals surface area contributed by atoms with Crippen LogP contribution in [0, 0.1) is 19.7 Å². The van der Waals surface area contributed by atoms with Crippen LogP contribution in [0.25, 0.3) is 42.9 Å². The molecule has 0 aliphatic rings. The van der Waals surface area contributed by atoms with Crippen molar-refractivity contribution in [3.8, 4) is 44.6 Å². The number of halogens is 1. The van der Waals surface area contributed by atoms with Gasteiger partial charge in [0.1, 0.15) is 11.5 Å². The molecule has 0 bridgehead atoms. The summed E-state index contributed by atoms with van der Waals surface area (Å²) in [5.41, 5.74) is 12.8. The van der Waals surface area contributed by atoms with Crippen molar-refractivity contribution in [2.24, 2.45) is 7.05 Å². The quantitative estimate of drug-likeness (QED) is 0.197. The molecule has 0 saturated heterocycles. The van der Waals surface area contributed by atoms with E-state index in [4.69, 9.17) is 10.5 Å². The molecule has 4 aromatic heterocycles. The van der Waals surface area contributed by atoms with Crippen molar-refractivity contribution in [2.45, 2.75) is 20.4 Å². The van der Waals surface area contributed by atoms with Crippen LogP contribution in [-0.2, 0) is 18.4 Å². The number of pyridine rings is 1. The summed E-state index contributed by atoms with van der Waals surface area (Å²) in [5, 5.41) is 12.2. The highest BCUT2D eigenvalue weighted by Gasteiger charge is 2.24. The molecule has 0 spiro atoms. The maximum absolute atomic E-state index is 15.6. The van der Waals surface area contributed by atoms with Crippen molar-refractivity contribution in [1.82, 2.24) is 35.3 Å². The van der Waals surface area contributed by atoms with Gasteiger partial charge >= 0.3 is 6.01 Å².